The standard InChI is InChI=1S/C15H20N2O5.C3H7NO2S/c1-9(18)6-13-16-12(15(22)17(13)8-14(20)21)7-10-2-4-11(19)5-3-10;4-2(1-7)3(5)6/h2-5,9,12-13,16,18-19H,6-8H2,1H3,(H,20,21);2,7H,1,4H2,(H,5,6). The average Bonchev–Trinajstić information content (AvgIpc) is 2.91. The topological polar surface area (TPSA) is 173 Å². The first-order chi connectivity index (χ1) is 13.5. The molecule has 10 nitrogen and oxygen atoms in total. The van der Waals surface area contributed by atoms with Crippen LogP contribution in [0.1, 0.15) is 18.9 Å². The van der Waals surface area contributed by atoms with Gasteiger partial charge in [0.1, 0.15) is 18.3 Å². The third-order valence-corrected chi connectivity index (χ3v) is 4.50. The van der Waals surface area contributed by atoms with Gasteiger partial charge in [-0.2, -0.15) is 12.6 Å². The summed E-state index contributed by atoms with van der Waals surface area (Å²) in [4.78, 5) is 34.3. The lowest BCUT2D eigenvalue weighted by molar-refractivity contribution is -0.144. The zero-order chi connectivity index (χ0) is 22.1. The van der Waals surface area contributed by atoms with Crippen LogP contribution >= 0.6 is 12.6 Å². The Labute approximate surface area is 173 Å². The minimum absolute atomic E-state index is 0.147. The highest BCUT2D eigenvalue weighted by atomic mass is 32.1. The van der Waals surface area contributed by atoms with Gasteiger partial charge < -0.3 is 31.1 Å². The molecule has 1 aliphatic heterocycles. The predicted octanol–water partition coefficient (Wildman–Crippen LogP) is -0.755. The molecule has 1 saturated heterocycles. The van der Waals surface area contributed by atoms with Crippen molar-refractivity contribution in [2.45, 2.75) is 44.1 Å². The van der Waals surface area contributed by atoms with Gasteiger partial charge >= 0.3 is 11.9 Å². The zero-order valence-corrected chi connectivity index (χ0v) is 16.8. The number of nitrogens with one attached hydrogen (secondary N) is 1. The van der Waals surface area contributed by atoms with Gasteiger partial charge in [0.25, 0.3) is 0 Å². The summed E-state index contributed by atoms with van der Waals surface area (Å²) in [7, 11) is 0. The number of hydrogen-bond acceptors (Lipinski definition) is 8. The van der Waals surface area contributed by atoms with Crippen LogP contribution in [0.3, 0.4) is 0 Å². The molecule has 2 rings (SSSR count). The van der Waals surface area contributed by atoms with Gasteiger partial charge in [-0.25, -0.2) is 0 Å². The molecule has 4 atom stereocenters. The molecule has 1 aromatic rings. The van der Waals surface area contributed by atoms with E-state index < -0.39 is 42.8 Å². The number of rotatable bonds is 8. The lowest BCUT2D eigenvalue weighted by Gasteiger charge is -2.23. The van der Waals surface area contributed by atoms with Gasteiger partial charge in [-0.1, -0.05) is 12.1 Å². The van der Waals surface area contributed by atoms with E-state index in [9.17, 15) is 24.6 Å². The van der Waals surface area contributed by atoms with Gasteiger partial charge in [-0.15, -0.1) is 0 Å². The number of phenols is 1. The molecule has 0 aromatic heterocycles. The summed E-state index contributed by atoms with van der Waals surface area (Å²) in [5, 5.41) is 38.8. The summed E-state index contributed by atoms with van der Waals surface area (Å²) in [5.41, 5.74) is 5.80. The fourth-order valence-corrected chi connectivity index (χ4v) is 2.85. The summed E-state index contributed by atoms with van der Waals surface area (Å²) < 4.78 is 0. The lowest BCUT2D eigenvalue weighted by atomic mass is 10.1. The monoisotopic (exact) mass is 429 g/mol. The molecule has 29 heavy (non-hydrogen) atoms. The maximum absolute atomic E-state index is 12.4. The Balaban J connectivity index is 0.000000516. The van der Waals surface area contributed by atoms with Crippen LogP contribution in [0.5, 0.6) is 5.75 Å². The van der Waals surface area contributed by atoms with Crippen LogP contribution in [-0.4, -0.2) is 79.8 Å². The fraction of sp³-hybridized carbons (Fsp3) is 0.500. The molecule has 162 valence electrons. The number of benzene rings is 1. The number of hydrogen-bond donors (Lipinski definition) is 7. The molecular formula is C18H27N3O7S. The molecule has 0 saturated carbocycles. The fourth-order valence-electron chi connectivity index (χ4n) is 2.69. The van der Waals surface area contributed by atoms with Gasteiger partial charge in [-0.3, -0.25) is 19.7 Å². The van der Waals surface area contributed by atoms with Crippen molar-refractivity contribution in [2.24, 2.45) is 5.73 Å². The highest BCUT2D eigenvalue weighted by Crippen LogP contribution is 2.19. The second-order valence-corrected chi connectivity index (χ2v) is 7.04. The summed E-state index contributed by atoms with van der Waals surface area (Å²) in [6.45, 7) is 1.20. The number of aliphatic hydroxyl groups is 1. The molecule has 7 N–H and O–H groups in total. The van der Waals surface area contributed by atoms with Crippen LogP contribution in [0.2, 0.25) is 0 Å². The summed E-state index contributed by atoms with van der Waals surface area (Å²) >= 11 is 3.65. The number of nitrogens with zero attached hydrogens (tertiary/aromatic N) is 1. The molecule has 0 spiro atoms. The van der Waals surface area contributed by atoms with Gasteiger partial charge in [0.2, 0.25) is 5.91 Å². The second-order valence-electron chi connectivity index (χ2n) is 6.68. The maximum Gasteiger partial charge on any atom is 0.323 e. The van der Waals surface area contributed by atoms with E-state index in [2.05, 4.69) is 17.9 Å². The Morgan fingerprint density at radius 1 is 1.28 bits per heavy atom. The summed E-state index contributed by atoms with van der Waals surface area (Å²) in [6, 6.07) is 5.16. The van der Waals surface area contributed by atoms with E-state index in [4.69, 9.17) is 15.9 Å². The number of amides is 1. The van der Waals surface area contributed by atoms with E-state index in [1.54, 1.807) is 19.1 Å². The SMILES string of the molecule is CC(O)CC1NC(Cc2ccc(O)cc2)C(=O)N1CC(=O)O.NC(CS)C(=O)O. The number of nitrogens with two attached hydrogens (primary N) is 1. The summed E-state index contributed by atoms with van der Waals surface area (Å²) in [6.07, 6.45) is -0.476. The van der Waals surface area contributed by atoms with E-state index in [1.165, 1.54) is 17.0 Å². The minimum Gasteiger partial charge on any atom is -0.508 e. The van der Waals surface area contributed by atoms with Gasteiger partial charge in [0.15, 0.2) is 0 Å². The normalized spacial score (nSPS) is 20.6. The highest BCUT2D eigenvalue weighted by molar-refractivity contribution is 7.80. The largest absolute Gasteiger partial charge is 0.508 e. The second kappa shape index (κ2) is 11.6. The van der Waals surface area contributed by atoms with Crippen molar-refractivity contribution in [1.29, 1.82) is 0 Å². The number of aromatic hydroxyl groups is 1. The van der Waals surface area contributed by atoms with Crippen molar-refractivity contribution < 1.29 is 34.8 Å². The molecule has 1 amide bonds. The molecule has 1 aromatic carbocycles. The van der Waals surface area contributed by atoms with Crippen molar-refractivity contribution in [3.63, 3.8) is 0 Å². The number of phenolic OH excluding ortho intramolecular Hbond substituents is 1. The quantitative estimate of drug-likeness (QED) is 0.262. The Hall–Kier alpha value is -2.34. The smallest absolute Gasteiger partial charge is 0.323 e. The predicted molar refractivity (Wildman–Crippen MR) is 108 cm³/mol. The van der Waals surface area contributed by atoms with Crippen LogP contribution in [0.25, 0.3) is 0 Å². The average molecular weight is 429 g/mol. The molecule has 11 heteroatoms. The van der Waals surface area contributed by atoms with Crippen LogP contribution in [0, 0.1) is 0 Å². The number of carbonyl (C=O) groups is 3. The molecule has 1 fully saturated rings. The van der Waals surface area contributed by atoms with Crippen molar-refractivity contribution >= 4 is 30.5 Å². The number of thiol groups is 1. The van der Waals surface area contributed by atoms with Gasteiger partial charge in [-0.05, 0) is 31.0 Å². The lowest BCUT2D eigenvalue weighted by Crippen LogP contribution is -2.42. The number of aliphatic carboxylic acids is 2. The zero-order valence-electron chi connectivity index (χ0n) is 15.9. The number of carboxylic acid groups (broad SMARTS) is 2. The van der Waals surface area contributed by atoms with Crippen molar-refractivity contribution in [1.82, 2.24) is 10.2 Å². The molecule has 0 aliphatic carbocycles. The number of aliphatic hydroxyl groups excluding tert-OH is 1. The molecule has 1 aliphatic rings. The van der Waals surface area contributed by atoms with Crippen molar-refractivity contribution in [2.75, 3.05) is 12.3 Å². The van der Waals surface area contributed by atoms with Crippen LogP contribution in [-0.2, 0) is 20.8 Å². The van der Waals surface area contributed by atoms with Crippen LogP contribution in [0.15, 0.2) is 24.3 Å². The molecule has 1 heterocycles. The Bertz CT molecular complexity index is 699. The first kappa shape index (κ1) is 24.7. The molecular weight excluding hydrogens is 402 g/mol. The first-order valence-corrected chi connectivity index (χ1v) is 9.51. The van der Waals surface area contributed by atoms with Gasteiger partial charge in [0.05, 0.1) is 18.3 Å². The summed E-state index contributed by atoms with van der Waals surface area (Å²) in [5.74, 6) is -2.05. The highest BCUT2D eigenvalue weighted by Gasteiger charge is 2.39. The van der Waals surface area contributed by atoms with E-state index in [0.29, 0.717) is 6.42 Å². The van der Waals surface area contributed by atoms with E-state index >= 15 is 0 Å². The van der Waals surface area contributed by atoms with E-state index in [0.717, 1.165) is 5.56 Å². The van der Waals surface area contributed by atoms with Crippen LogP contribution < -0.4 is 11.1 Å². The number of carbonyl (C=O) groups excluding carboxylic acids is 1. The molecule has 0 radical (unpaired) electrons. The van der Waals surface area contributed by atoms with E-state index in [1.807, 2.05) is 0 Å². The first-order valence-electron chi connectivity index (χ1n) is 8.88. The minimum atomic E-state index is -1.09. The Morgan fingerprint density at radius 2 is 1.86 bits per heavy atom. The van der Waals surface area contributed by atoms with E-state index in [-0.39, 0.29) is 23.8 Å². The third kappa shape index (κ3) is 8.28. The maximum atomic E-state index is 12.4. The van der Waals surface area contributed by atoms with Crippen molar-refractivity contribution in [3.05, 3.63) is 29.8 Å². The van der Waals surface area contributed by atoms with Gasteiger partial charge in [0, 0.05) is 12.2 Å². The number of carboxylic acids is 2. The van der Waals surface area contributed by atoms with Crippen LogP contribution in [0.4, 0.5) is 0 Å². The molecule has 4 unspecified atom stereocenters. The Morgan fingerprint density at radius 3 is 2.28 bits per heavy atom. The van der Waals surface area contributed by atoms with Crippen molar-refractivity contribution in [3.8, 4) is 5.75 Å². The molecule has 0 bridgehead atoms. The third-order valence-electron chi connectivity index (χ3n) is 4.11. The Kier molecular flexibility index (Phi) is 9.89.